The van der Waals surface area contributed by atoms with Crippen LogP contribution in [0.4, 0.5) is 0 Å². The van der Waals surface area contributed by atoms with Crippen LogP contribution in [0.15, 0.2) is 0 Å². The van der Waals surface area contributed by atoms with Crippen molar-refractivity contribution in [2.75, 3.05) is 31.9 Å². The van der Waals surface area contributed by atoms with Gasteiger partial charge in [0.05, 0.1) is 5.75 Å². The molecule has 17 heavy (non-hydrogen) atoms. The van der Waals surface area contributed by atoms with Crippen molar-refractivity contribution in [3.8, 4) is 0 Å². The van der Waals surface area contributed by atoms with Gasteiger partial charge in [-0.25, -0.2) is 13.1 Å². The fourth-order valence-electron chi connectivity index (χ4n) is 2.55. The van der Waals surface area contributed by atoms with Gasteiger partial charge in [0.2, 0.25) is 10.0 Å². The average molecular weight is 261 g/mol. The van der Waals surface area contributed by atoms with Crippen molar-refractivity contribution in [2.45, 2.75) is 31.7 Å². The molecule has 5 nitrogen and oxygen atoms in total. The van der Waals surface area contributed by atoms with Crippen LogP contribution in [0.1, 0.15) is 25.7 Å². The molecule has 3 N–H and O–H groups in total. The average Bonchev–Trinajstić information content (AvgIpc) is 2.80. The monoisotopic (exact) mass is 261 g/mol. The lowest BCUT2D eigenvalue weighted by molar-refractivity contribution is 0.427. The molecule has 0 aromatic carbocycles. The fourth-order valence-corrected chi connectivity index (χ4v) is 4.02. The molecule has 0 amide bonds. The Morgan fingerprint density at radius 2 is 1.94 bits per heavy atom. The third-order valence-corrected chi connectivity index (χ3v) is 5.07. The molecule has 2 saturated heterocycles. The maximum atomic E-state index is 11.9. The van der Waals surface area contributed by atoms with Gasteiger partial charge in [0.25, 0.3) is 0 Å². The highest BCUT2D eigenvalue weighted by Gasteiger charge is 2.22. The lowest BCUT2D eigenvalue weighted by Gasteiger charge is -2.23. The predicted octanol–water partition coefficient (Wildman–Crippen LogP) is -0.343. The molecule has 2 aliphatic rings. The summed E-state index contributed by atoms with van der Waals surface area (Å²) in [4.78, 5) is 0. The first-order chi connectivity index (χ1) is 8.16. The van der Waals surface area contributed by atoms with E-state index in [4.69, 9.17) is 0 Å². The van der Waals surface area contributed by atoms with Crippen molar-refractivity contribution in [1.82, 2.24) is 15.4 Å². The Labute approximate surface area is 104 Å². The summed E-state index contributed by atoms with van der Waals surface area (Å²) in [7, 11) is -3.09. The molecule has 0 saturated carbocycles. The molecule has 0 aromatic heterocycles. The second-order valence-corrected chi connectivity index (χ2v) is 7.00. The van der Waals surface area contributed by atoms with E-state index in [2.05, 4.69) is 15.4 Å². The normalized spacial score (nSPS) is 30.6. The van der Waals surface area contributed by atoms with Crippen molar-refractivity contribution in [2.24, 2.45) is 5.92 Å². The number of hydrogen-bond donors (Lipinski definition) is 3. The zero-order valence-electron chi connectivity index (χ0n) is 10.2. The van der Waals surface area contributed by atoms with Crippen LogP contribution in [0.3, 0.4) is 0 Å². The molecule has 2 fully saturated rings. The first-order valence-electron chi connectivity index (χ1n) is 6.57. The van der Waals surface area contributed by atoms with Gasteiger partial charge in [0.15, 0.2) is 0 Å². The summed E-state index contributed by atoms with van der Waals surface area (Å²) < 4.78 is 26.6. The Morgan fingerprint density at radius 3 is 2.59 bits per heavy atom. The second kappa shape index (κ2) is 6.13. The molecule has 0 aromatic rings. The van der Waals surface area contributed by atoms with Crippen molar-refractivity contribution in [3.05, 3.63) is 0 Å². The van der Waals surface area contributed by atoms with E-state index in [1.165, 1.54) is 0 Å². The minimum Gasteiger partial charge on any atom is -0.316 e. The molecular weight excluding hydrogens is 238 g/mol. The summed E-state index contributed by atoms with van der Waals surface area (Å²) >= 11 is 0. The zero-order valence-corrected chi connectivity index (χ0v) is 11.1. The van der Waals surface area contributed by atoms with Crippen molar-refractivity contribution >= 4 is 10.0 Å². The quantitative estimate of drug-likeness (QED) is 0.633. The summed E-state index contributed by atoms with van der Waals surface area (Å²) in [5, 5.41) is 6.48. The predicted molar refractivity (Wildman–Crippen MR) is 68.4 cm³/mol. The standard InChI is InChI=1S/C11H23N3O2S/c15-17(16,7-4-10-3-6-13-8-10)14-11-2-1-5-12-9-11/h10-14H,1-9H2. The number of piperidine rings is 1. The van der Waals surface area contributed by atoms with E-state index in [0.29, 0.717) is 5.92 Å². The molecule has 0 aliphatic carbocycles. The molecule has 2 aliphatic heterocycles. The minimum absolute atomic E-state index is 0.0930. The van der Waals surface area contributed by atoms with E-state index < -0.39 is 10.0 Å². The topological polar surface area (TPSA) is 70.2 Å². The van der Waals surface area contributed by atoms with Crippen molar-refractivity contribution in [1.29, 1.82) is 0 Å². The summed E-state index contributed by atoms with van der Waals surface area (Å²) in [6.45, 7) is 3.78. The first kappa shape index (κ1) is 13.3. The Hall–Kier alpha value is -0.170. The third kappa shape index (κ3) is 4.54. The Bertz CT molecular complexity index is 320. The van der Waals surface area contributed by atoms with Gasteiger partial charge in [-0.2, -0.15) is 0 Å². The SMILES string of the molecule is O=S(=O)(CCC1CCNC1)NC1CCCNC1. The van der Waals surface area contributed by atoms with Gasteiger partial charge in [-0.15, -0.1) is 0 Å². The van der Waals surface area contributed by atoms with E-state index >= 15 is 0 Å². The molecule has 0 spiro atoms. The molecule has 0 bridgehead atoms. The van der Waals surface area contributed by atoms with E-state index in [9.17, 15) is 8.42 Å². The van der Waals surface area contributed by atoms with Gasteiger partial charge in [0.1, 0.15) is 0 Å². The molecule has 100 valence electrons. The molecule has 0 radical (unpaired) electrons. The smallest absolute Gasteiger partial charge is 0.211 e. The lowest BCUT2D eigenvalue weighted by Crippen LogP contribution is -2.46. The number of nitrogens with one attached hydrogen (secondary N) is 3. The lowest BCUT2D eigenvalue weighted by atomic mass is 10.1. The largest absolute Gasteiger partial charge is 0.316 e. The third-order valence-electron chi connectivity index (χ3n) is 3.60. The van der Waals surface area contributed by atoms with Gasteiger partial charge in [-0.05, 0) is 51.2 Å². The summed E-state index contributed by atoms with van der Waals surface area (Å²) in [5.41, 5.74) is 0. The van der Waals surface area contributed by atoms with E-state index in [1.54, 1.807) is 0 Å². The van der Waals surface area contributed by atoms with Crippen LogP contribution in [0.5, 0.6) is 0 Å². The Kier molecular flexibility index (Phi) is 4.78. The van der Waals surface area contributed by atoms with Crippen LogP contribution >= 0.6 is 0 Å². The van der Waals surface area contributed by atoms with Crippen LogP contribution in [0.2, 0.25) is 0 Å². The number of rotatable bonds is 5. The van der Waals surface area contributed by atoms with Gasteiger partial charge in [-0.1, -0.05) is 0 Å². The molecular formula is C11H23N3O2S. The minimum atomic E-state index is -3.09. The number of sulfonamides is 1. The Balaban J connectivity index is 1.73. The maximum Gasteiger partial charge on any atom is 0.211 e. The Morgan fingerprint density at radius 1 is 1.12 bits per heavy atom. The fraction of sp³-hybridized carbons (Fsp3) is 1.00. The first-order valence-corrected chi connectivity index (χ1v) is 8.22. The van der Waals surface area contributed by atoms with Crippen LogP contribution in [-0.4, -0.2) is 46.4 Å². The molecule has 2 heterocycles. The van der Waals surface area contributed by atoms with Gasteiger partial charge < -0.3 is 10.6 Å². The van der Waals surface area contributed by atoms with Crippen molar-refractivity contribution < 1.29 is 8.42 Å². The van der Waals surface area contributed by atoms with Gasteiger partial charge in [-0.3, -0.25) is 0 Å². The highest BCUT2D eigenvalue weighted by Crippen LogP contribution is 2.13. The molecule has 2 unspecified atom stereocenters. The van der Waals surface area contributed by atoms with Crippen LogP contribution < -0.4 is 15.4 Å². The summed E-state index contributed by atoms with van der Waals surface area (Å²) in [6.07, 6.45) is 3.90. The maximum absolute atomic E-state index is 11.9. The van der Waals surface area contributed by atoms with Crippen LogP contribution in [0, 0.1) is 5.92 Å². The van der Waals surface area contributed by atoms with E-state index in [0.717, 1.165) is 51.9 Å². The van der Waals surface area contributed by atoms with E-state index in [1.807, 2.05) is 0 Å². The molecule has 2 atom stereocenters. The zero-order chi connectivity index (χ0) is 12.1. The van der Waals surface area contributed by atoms with Gasteiger partial charge >= 0.3 is 0 Å². The summed E-state index contributed by atoms with van der Waals surface area (Å²) in [5.74, 6) is 0.812. The van der Waals surface area contributed by atoms with E-state index in [-0.39, 0.29) is 11.8 Å². The van der Waals surface area contributed by atoms with Gasteiger partial charge in [0, 0.05) is 12.6 Å². The molecule has 2 rings (SSSR count). The number of hydrogen-bond acceptors (Lipinski definition) is 4. The van der Waals surface area contributed by atoms with Crippen LogP contribution in [-0.2, 0) is 10.0 Å². The van der Waals surface area contributed by atoms with Crippen molar-refractivity contribution in [3.63, 3.8) is 0 Å². The highest BCUT2D eigenvalue weighted by atomic mass is 32.2. The van der Waals surface area contributed by atoms with Crippen LogP contribution in [0.25, 0.3) is 0 Å². The summed E-state index contributed by atoms with van der Waals surface area (Å²) in [6, 6.07) is 0.0930. The highest BCUT2D eigenvalue weighted by molar-refractivity contribution is 7.89. The second-order valence-electron chi connectivity index (χ2n) is 5.13. The molecule has 6 heteroatoms.